The van der Waals surface area contributed by atoms with E-state index in [-0.39, 0.29) is 12.1 Å². The average molecular weight is 278 g/mol. The molecule has 0 aliphatic rings. The second-order valence-electron chi connectivity index (χ2n) is 5.94. The van der Waals surface area contributed by atoms with Crippen LogP contribution in [0.15, 0.2) is 24.3 Å². The molecule has 0 aromatic heterocycles. The lowest BCUT2D eigenvalue weighted by Gasteiger charge is -2.22. The fourth-order valence-electron chi connectivity index (χ4n) is 1.84. The Labute approximate surface area is 121 Å². The van der Waals surface area contributed by atoms with Gasteiger partial charge in [0.15, 0.2) is 0 Å². The second kappa shape index (κ2) is 7.17. The summed E-state index contributed by atoms with van der Waals surface area (Å²) in [6.45, 7) is 10.2. The Morgan fingerprint density at radius 3 is 2.55 bits per heavy atom. The zero-order valence-corrected chi connectivity index (χ0v) is 13.1. The van der Waals surface area contributed by atoms with Crippen LogP contribution in [0.3, 0.4) is 0 Å². The predicted octanol–water partition coefficient (Wildman–Crippen LogP) is 3.57. The van der Waals surface area contributed by atoms with Gasteiger partial charge in [0, 0.05) is 18.3 Å². The highest BCUT2D eigenvalue weighted by Gasteiger charge is 2.16. The lowest BCUT2D eigenvalue weighted by molar-refractivity contribution is 0.0526. The second-order valence-corrected chi connectivity index (χ2v) is 5.94. The average Bonchev–Trinajstić information content (AvgIpc) is 2.35. The monoisotopic (exact) mass is 278 g/mol. The summed E-state index contributed by atoms with van der Waals surface area (Å²) in [4.78, 5) is 11.6. The minimum absolute atomic E-state index is 0.134. The fraction of sp³-hybridized carbons (Fsp3) is 0.562. The SMILES string of the molecule is CCc1ccccc1NC(C)CNC(=O)OC(C)(C)C. The van der Waals surface area contributed by atoms with Gasteiger partial charge in [-0.25, -0.2) is 4.79 Å². The molecular formula is C16H26N2O2. The summed E-state index contributed by atoms with van der Waals surface area (Å²) in [5, 5.41) is 6.18. The van der Waals surface area contributed by atoms with Gasteiger partial charge >= 0.3 is 6.09 Å². The normalized spacial score (nSPS) is 12.7. The highest BCUT2D eigenvalue weighted by Crippen LogP contribution is 2.16. The Kier molecular flexibility index (Phi) is 5.86. The minimum atomic E-state index is -0.463. The number of aryl methyl sites for hydroxylation is 1. The summed E-state index contributed by atoms with van der Waals surface area (Å²) in [6.07, 6.45) is 0.602. The van der Waals surface area contributed by atoms with Gasteiger partial charge in [0.05, 0.1) is 0 Å². The molecule has 0 bridgehead atoms. The first-order chi connectivity index (χ1) is 9.31. The molecule has 112 valence electrons. The number of alkyl carbamates (subject to hydrolysis) is 1. The van der Waals surface area contributed by atoms with Gasteiger partial charge < -0.3 is 15.4 Å². The smallest absolute Gasteiger partial charge is 0.407 e. The summed E-state index contributed by atoms with van der Waals surface area (Å²) < 4.78 is 5.21. The maximum atomic E-state index is 11.6. The minimum Gasteiger partial charge on any atom is -0.444 e. The molecule has 0 fully saturated rings. The number of hydrogen-bond donors (Lipinski definition) is 2. The maximum absolute atomic E-state index is 11.6. The van der Waals surface area contributed by atoms with Crippen molar-refractivity contribution in [3.8, 4) is 0 Å². The molecule has 0 spiro atoms. The summed E-state index contributed by atoms with van der Waals surface area (Å²) in [7, 11) is 0. The van der Waals surface area contributed by atoms with Gasteiger partial charge in [-0.2, -0.15) is 0 Å². The van der Waals surface area contributed by atoms with Crippen LogP contribution >= 0.6 is 0 Å². The van der Waals surface area contributed by atoms with Crippen LogP contribution in [-0.2, 0) is 11.2 Å². The van der Waals surface area contributed by atoms with Crippen molar-refractivity contribution in [2.24, 2.45) is 0 Å². The van der Waals surface area contributed by atoms with Crippen molar-refractivity contribution in [2.75, 3.05) is 11.9 Å². The number of ether oxygens (including phenoxy) is 1. The van der Waals surface area contributed by atoms with Crippen molar-refractivity contribution < 1.29 is 9.53 Å². The molecule has 1 amide bonds. The van der Waals surface area contributed by atoms with Crippen molar-refractivity contribution >= 4 is 11.8 Å². The Morgan fingerprint density at radius 1 is 1.30 bits per heavy atom. The first-order valence-electron chi connectivity index (χ1n) is 7.13. The standard InChI is InChI=1S/C16H26N2O2/c1-6-13-9-7-8-10-14(13)18-12(2)11-17-15(19)20-16(3,4)5/h7-10,12,18H,6,11H2,1-5H3,(H,17,19). The number of carbonyl (C=O) groups excluding carboxylic acids is 1. The Bertz CT molecular complexity index is 438. The van der Waals surface area contributed by atoms with Crippen LogP contribution in [0.5, 0.6) is 0 Å². The van der Waals surface area contributed by atoms with E-state index in [0.29, 0.717) is 6.54 Å². The predicted molar refractivity (Wildman–Crippen MR) is 83.1 cm³/mol. The van der Waals surface area contributed by atoms with E-state index < -0.39 is 5.60 Å². The first-order valence-corrected chi connectivity index (χ1v) is 7.13. The van der Waals surface area contributed by atoms with E-state index in [4.69, 9.17) is 4.74 Å². The van der Waals surface area contributed by atoms with E-state index in [0.717, 1.165) is 12.1 Å². The van der Waals surface area contributed by atoms with E-state index in [1.807, 2.05) is 39.8 Å². The van der Waals surface area contributed by atoms with Crippen LogP contribution in [0.1, 0.15) is 40.2 Å². The topological polar surface area (TPSA) is 50.4 Å². The number of amides is 1. The van der Waals surface area contributed by atoms with Gasteiger partial charge in [-0.15, -0.1) is 0 Å². The number of anilines is 1. The van der Waals surface area contributed by atoms with Gasteiger partial charge in [-0.1, -0.05) is 25.1 Å². The maximum Gasteiger partial charge on any atom is 0.407 e. The summed E-state index contributed by atoms with van der Waals surface area (Å²) in [5.41, 5.74) is 1.93. The van der Waals surface area contributed by atoms with E-state index >= 15 is 0 Å². The van der Waals surface area contributed by atoms with Crippen molar-refractivity contribution in [1.82, 2.24) is 5.32 Å². The van der Waals surface area contributed by atoms with Crippen molar-refractivity contribution in [1.29, 1.82) is 0 Å². The van der Waals surface area contributed by atoms with Gasteiger partial charge in [-0.3, -0.25) is 0 Å². The molecule has 1 aromatic carbocycles. The largest absolute Gasteiger partial charge is 0.444 e. The first kappa shape index (κ1) is 16.3. The van der Waals surface area contributed by atoms with Gasteiger partial charge in [0.25, 0.3) is 0 Å². The molecule has 1 rings (SSSR count). The van der Waals surface area contributed by atoms with Crippen LogP contribution in [0.2, 0.25) is 0 Å². The zero-order chi connectivity index (χ0) is 15.2. The molecule has 20 heavy (non-hydrogen) atoms. The third-order valence-corrected chi connectivity index (χ3v) is 2.75. The van der Waals surface area contributed by atoms with Crippen LogP contribution in [0.25, 0.3) is 0 Å². The zero-order valence-electron chi connectivity index (χ0n) is 13.1. The third-order valence-electron chi connectivity index (χ3n) is 2.75. The van der Waals surface area contributed by atoms with Gasteiger partial charge in [0.2, 0.25) is 0 Å². The van der Waals surface area contributed by atoms with Crippen molar-refractivity contribution in [2.45, 2.75) is 52.7 Å². The summed E-state index contributed by atoms with van der Waals surface area (Å²) >= 11 is 0. The van der Waals surface area contributed by atoms with E-state index in [1.165, 1.54) is 5.56 Å². The molecule has 0 saturated carbocycles. The molecule has 0 saturated heterocycles. The van der Waals surface area contributed by atoms with Crippen LogP contribution in [0, 0.1) is 0 Å². The Morgan fingerprint density at radius 2 is 1.95 bits per heavy atom. The molecule has 4 heteroatoms. The molecule has 4 nitrogen and oxygen atoms in total. The lowest BCUT2D eigenvalue weighted by Crippen LogP contribution is -2.38. The Balaban J connectivity index is 2.44. The molecule has 1 aromatic rings. The van der Waals surface area contributed by atoms with Crippen molar-refractivity contribution in [3.05, 3.63) is 29.8 Å². The molecule has 1 unspecified atom stereocenters. The number of carbonyl (C=O) groups is 1. The van der Waals surface area contributed by atoms with E-state index in [2.05, 4.69) is 29.7 Å². The fourth-order valence-corrected chi connectivity index (χ4v) is 1.84. The van der Waals surface area contributed by atoms with Crippen LogP contribution in [0.4, 0.5) is 10.5 Å². The summed E-state index contributed by atoms with van der Waals surface area (Å²) in [5.74, 6) is 0. The Hall–Kier alpha value is -1.71. The van der Waals surface area contributed by atoms with E-state index in [9.17, 15) is 4.79 Å². The number of hydrogen-bond acceptors (Lipinski definition) is 3. The molecule has 0 aliphatic carbocycles. The molecule has 2 N–H and O–H groups in total. The molecule has 0 radical (unpaired) electrons. The highest BCUT2D eigenvalue weighted by molar-refractivity contribution is 5.67. The lowest BCUT2D eigenvalue weighted by atomic mass is 10.1. The van der Waals surface area contributed by atoms with Crippen LogP contribution < -0.4 is 10.6 Å². The van der Waals surface area contributed by atoms with E-state index in [1.54, 1.807) is 0 Å². The number of benzene rings is 1. The van der Waals surface area contributed by atoms with Crippen molar-refractivity contribution in [3.63, 3.8) is 0 Å². The molecular weight excluding hydrogens is 252 g/mol. The summed E-state index contributed by atoms with van der Waals surface area (Å²) in [6, 6.07) is 8.35. The van der Waals surface area contributed by atoms with Gasteiger partial charge in [0.1, 0.15) is 5.60 Å². The number of para-hydroxylation sites is 1. The number of rotatable bonds is 5. The molecule has 0 heterocycles. The molecule has 0 aliphatic heterocycles. The number of nitrogens with one attached hydrogen (secondary N) is 2. The molecule has 1 atom stereocenters. The highest BCUT2D eigenvalue weighted by atomic mass is 16.6. The third kappa shape index (κ3) is 5.95. The quantitative estimate of drug-likeness (QED) is 0.865. The van der Waals surface area contributed by atoms with Gasteiger partial charge in [-0.05, 0) is 45.7 Å². The van der Waals surface area contributed by atoms with Crippen LogP contribution in [-0.4, -0.2) is 24.3 Å².